The molecule has 136 valence electrons. The number of hydrogen-bond acceptors (Lipinski definition) is 5. The van der Waals surface area contributed by atoms with Crippen molar-refractivity contribution in [3.8, 4) is 5.75 Å². The number of benzene rings is 2. The molecule has 0 radical (unpaired) electrons. The molecular weight excluding hydrogens is 336 g/mol. The Labute approximate surface area is 151 Å². The Morgan fingerprint density at radius 2 is 1.77 bits per heavy atom. The summed E-state index contributed by atoms with van der Waals surface area (Å²) in [6.07, 6.45) is 0. The Bertz CT molecular complexity index is 787. The lowest BCUT2D eigenvalue weighted by atomic mass is 10.1. The van der Waals surface area contributed by atoms with Crippen molar-refractivity contribution in [1.82, 2.24) is 5.32 Å². The van der Waals surface area contributed by atoms with Crippen molar-refractivity contribution in [2.45, 2.75) is 13.5 Å². The summed E-state index contributed by atoms with van der Waals surface area (Å²) in [6, 6.07) is 13.5. The van der Waals surface area contributed by atoms with Gasteiger partial charge in [0.15, 0.2) is 6.61 Å². The van der Waals surface area contributed by atoms with Crippen LogP contribution < -0.4 is 15.4 Å². The van der Waals surface area contributed by atoms with Gasteiger partial charge in [0, 0.05) is 25.2 Å². The number of carbonyl (C=O) groups excluding carboxylic acids is 3. The molecule has 2 aromatic rings. The fraction of sp³-hybridized carbons (Fsp3) is 0.211. The number of anilines is 1. The largest absolute Gasteiger partial charge is 0.484 e. The van der Waals surface area contributed by atoms with Crippen LogP contribution in [0.2, 0.25) is 0 Å². The SMILES string of the molecule is COC(=O)c1ccc(CNC(=O)COc2cccc(NC(C)=O)c2)cc1. The fourth-order valence-electron chi connectivity index (χ4n) is 2.14. The molecule has 2 rings (SSSR count). The number of carbonyl (C=O) groups is 3. The summed E-state index contributed by atoms with van der Waals surface area (Å²) in [5.41, 5.74) is 1.89. The molecule has 2 N–H and O–H groups in total. The predicted molar refractivity (Wildman–Crippen MR) is 95.9 cm³/mol. The molecule has 0 aliphatic carbocycles. The van der Waals surface area contributed by atoms with E-state index in [0.717, 1.165) is 5.56 Å². The summed E-state index contributed by atoms with van der Waals surface area (Å²) < 4.78 is 10.0. The molecule has 7 heteroatoms. The van der Waals surface area contributed by atoms with Crippen molar-refractivity contribution in [2.24, 2.45) is 0 Å². The van der Waals surface area contributed by atoms with E-state index in [2.05, 4.69) is 15.4 Å². The maximum absolute atomic E-state index is 11.9. The van der Waals surface area contributed by atoms with E-state index in [-0.39, 0.29) is 18.4 Å². The topological polar surface area (TPSA) is 93.7 Å². The second-order valence-corrected chi connectivity index (χ2v) is 5.46. The van der Waals surface area contributed by atoms with Crippen LogP contribution >= 0.6 is 0 Å². The molecule has 7 nitrogen and oxygen atoms in total. The lowest BCUT2D eigenvalue weighted by Crippen LogP contribution is -2.28. The van der Waals surface area contributed by atoms with Gasteiger partial charge in [-0.05, 0) is 29.8 Å². The van der Waals surface area contributed by atoms with Crippen molar-refractivity contribution >= 4 is 23.5 Å². The van der Waals surface area contributed by atoms with Crippen LogP contribution in [0, 0.1) is 0 Å². The van der Waals surface area contributed by atoms with Crippen LogP contribution in [0.1, 0.15) is 22.8 Å². The van der Waals surface area contributed by atoms with Crippen LogP contribution in [0.3, 0.4) is 0 Å². The van der Waals surface area contributed by atoms with Crippen molar-refractivity contribution in [3.05, 3.63) is 59.7 Å². The van der Waals surface area contributed by atoms with Gasteiger partial charge in [-0.3, -0.25) is 9.59 Å². The number of nitrogens with one attached hydrogen (secondary N) is 2. The van der Waals surface area contributed by atoms with E-state index >= 15 is 0 Å². The number of esters is 1. The van der Waals surface area contributed by atoms with Crippen molar-refractivity contribution < 1.29 is 23.9 Å². The second kappa shape index (κ2) is 9.22. The molecular formula is C19H20N2O5. The second-order valence-electron chi connectivity index (χ2n) is 5.46. The molecule has 0 fully saturated rings. The molecule has 2 aromatic carbocycles. The van der Waals surface area contributed by atoms with Crippen molar-refractivity contribution in [1.29, 1.82) is 0 Å². The Balaban J connectivity index is 1.80. The first-order chi connectivity index (χ1) is 12.5. The smallest absolute Gasteiger partial charge is 0.337 e. The molecule has 0 bridgehead atoms. The molecule has 0 unspecified atom stereocenters. The average Bonchev–Trinajstić information content (AvgIpc) is 2.64. The van der Waals surface area contributed by atoms with E-state index < -0.39 is 5.97 Å². The van der Waals surface area contributed by atoms with Gasteiger partial charge in [-0.1, -0.05) is 18.2 Å². The van der Waals surface area contributed by atoms with E-state index in [1.165, 1.54) is 14.0 Å². The van der Waals surface area contributed by atoms with Crippen LogP contribution in [-0.4, -0.2) is 31.5 Å². The van der Waals surface area contributed by atoms with Crippen molar-refractivity contribution in [3.63, 3.8) is 0 Å². The van der Waals surface area contributed by atoms with Crippen LogP contribution in [-0.2, 0) is 20.9 Å². The summed E-state index contributed by atoms with van der Waals surface area (Å²) in [4.78, 5) is 34.3. The van der Waals surface area contributed by atoms with Crippen LogP contribution in [0.15, 0.2) is 48.5 Å². The van der Waals surface area contributed by atoms with Gasteiger partial charge in [-0.25, -0.2) is 4.79 Å². The molecule has 0 aliphatic rings. The summed E-state index contributed by atoms with van der Waals surface area (Å²) in [6.45, 7) is 1.58. The monoisotopic (exact) mass is 356 g/mol. The van der Waals surface area contributed by atoms with E-state index in [1.54, 1.807) is 48.5 Å². The van der Waals surface area contributed by atoms with Gasteiger partial charge in [-0.2, -0.15) is 0 Å². The lowest BCUT2D eigenvalue weighted by Gasteiger charge is -2.09. The van der Waals surface area contributed by atoms with Gasteiger partial charge in [0.05, 0.1) is 12.7 Å². The Kier molecular flexibility index (Phi) is 6.73. The van der Waals surface area contributed by atoms with Crippen LogP contribution in [0.5, 0.6) is 5.75 Å². The van der Waals surface area contributed by atoms with Gasteiger partial charge in [0.2, 0.25) is 5.91 Å². The predicted octanol–water partition coefficient (Wildman–Crippen LogP) is 2.13. The highest BCUT2D eigenvalue weighted by Gasteiger charge is 2.06. The number of rotatable bonds is 7. The highest BCUT2D eigenvalue weighted by atomic mass is 16.5. The Morgan fingerprint density at radius 3 is 2.42 bits per heavy atom. The third-order valence-electron chi connectivity index (χ3n) is 3.39. The average molecular weight is 356 g/mol. The Morgan fingerprint density at radius 1 is 1.04 bits per heavy atom. The first kappa shape index (κ1) is 19.0. The molecule has 0 spiro atoms. The number of ether oxygens (including phenoxy) is 2. The minimum Gasteiger partial charge on any atom is -0.484 e. The zero-order chi connectivity index (χ0) is 18.9. The van der Waals surface area contributed by atoms with Crippen molar-refractivity contribution in [2.75, 3.05) is 19.0 Å². The minimum atomic E-state index is -0.407. The summed E-state index contributed by atoms with van der Waals surface area (Å²) in [5, 5.41) is 5.37. The van der Waals surface area contributed by atoms with Gasteiger partial charge >= 0.3 is 5.97 Å². The third-order valence-corrected chi connectivity index (χ3v) is 3.39. The van der Waals surface area contributed by atoms with E-state index in [9.17, 15) is 14.4 Å². The lowest BCUT2D eigenvalue weighted by molar-refractivity contribution is -0.123. The fourth-order valence-corrected chi connectivity index (χ4v) is 2.14. The highest BCUT2D eigenvalue weighted by molar-refractivity contribution is 5.89. The van der Waals surface area contributed by atoms with Crippen LogP contribution in [0.4, 0.5) is 5.69 Å². The molecule has 0 saturated heterocycles. The van der Waals surface area contributed by atoms with Gasteiger partial charge in [0.1, 0.15) is 5.75 Å². The summed E-state index contributed by atoms with van der Waals surface area (Å²) in [7, 11) is 1.32. The first-order valence-electron chi connectivity index (χ1n) is 7.92. The zero-order valence-electron chi connectivity index (χ0n) is 14.6. The number of amides is 2. The molecule has 0 saturated carbocycles. The standard InChI is InChI=1S/C19H20N2O5/c1-13(22)21-16-4-3-5-17(10-16)26-12-18(23)20-11-14-6-8-15(9-7-14)19(24)25-2/h3-10H,11-12H2,1-2H3,(H,20,23)(H,21,22). The third kappa shape index (κ3) is 5.94. The quantitative estimate of drug-likeness (QED) is 0.741. The molecule has 0 atom stereocenters. The highest BCUT2D eigenvalue weighted by Crippen LogP contribution is 2.17. The zero-order valence-corrected chi connectivity index (χ0v) is 14.6. The number of hydrogen-bond donors (Lipinski definition) is 2. The molecule has 0 aliphatic heterocycles. The molecule has 0 aromatic heterocycles. The first-order valence-corrected chi connectivity index (χ1v) is 7.92. The van der Waals surface area contributed by atoms with Gasteiger partial charge in [0.25, 0.3) is 5.91 Å². The molecule has 0 heterocycles. The van der Waals surface area contributed by atoms with E-state index in [0.29, 0.717) is 23.5 Å². The van der Waals surface area contributed by atoms with Crippen LogP contribution in [0.25, 0.3) is 0 Å². The maximum atomic E-state index is 11.9. The minimum absolute atomic E-state index is 0.149. The summed E-state index contributed by atoms with van der Waals surface area (Å²) in [5.74, 6) is -0.394. The maximum Gasteiger partial charge on any atom is 0.337 e. The van der Waals surface area contributed by atoms with Gasteiger partial charge in [-0.15, -0.1) is 0 Å². The van der Waals surface area contributed by atoms with E-state index in [4.69, 9.17) is 4.74 Å². The summed E-state index contributed by atoms with van der Waals surface area (Å²) >= 11 is 0. The van der Waals surface area contributed by atoms with E-state index in [1.807, 2.05) is 0 Å². The molecule has 26 heavy (non-hydrogen) atoms. The Hall–Kier alpha value is -3.35. The number of methoxy groups -OCH3 is 1. The normalized spacial score (nSPS) is 9.92. The van der Waals surface area contributed by atoms with Gasteiger partial charge < -0.3 is 20.1 Å². The molecule has 2 amide bonds.